The van der Waals surface area contributed by atoms with Crippen LogP contribution in [0.15, 0.2) is 46.3 Å². The number of para-hydroxylation sites is 1. The molecule has 1 aromatic carbocycles. The van der Waals surface area contributed by atoms with Crippen LogP contribution < -0.4 is 5.32 Å². The van der Waals surface area contributed by atoms with Gasteiger partial charge in [0.05, 0.1) is 12.1 Å². The Balaban J connectivity index is 1.19. The molecule has 9 heteroatoms. The minimum Gasteiger partial charge on any atom is -0.339 e. The molecule has 0 unspecified atom stereocenters. The fraction of sp³-hybridized carbons (Fsp3) is 0.318. The van der Waals surface area contributed by atoms with Crippen molar-refractivity contribution >= 4 is 28.3 Å². The second-order valence-electron chi connectivity index (χ2n) is 7.65. The molecular formula is C22H22N6O2S. The number of aromatic nitrogens is 4. The van der Waals surface area contributed by atoms with Crippen LogP contribution in [-0.2, 0) is 6.54 Å². The van der Waals surface area contributed by atoms with Crippen molar-refractivity contribution in [3.05, 3.63) is 58.4 Å². The molecule has 1 fully saturated rings. The van der Waals surface area contributed by atoms with Gasteiger partial charge in [-0.15, -0.1) is 11.3 Å². The van der Waals surface area contributed by atoms with Gasteiger partial charge in [-0.2, -0.15) is 4.98 Å². The van der Waals surface area contributed by atoms with Gasteiger partial charge < -0.3 is 14.7 Å². The van der Waals surface area contributed by atoms with Crippen molar-refractivity contribution in [1.82, 2.24) is 30.3 Å². The molecule has 31 heavy (non-hydrogen) atoms. The Morgan fingerprint density at radius 1 is 1.16 bits per heavy atom. The van der Waals surface area contributed by atoms with Crippen LogP contribution in [0.5, 0.6) is 0 Å². The highest BCUT2D eigenvalue weighted by molar-refractivity contribution is 7.09. The Bertz CT molecular complexity index is 1210. The highest BCUT2D eigenvalue weighted by Gasteiger charge is 2.28. The van der Waals surface area contributed by atoms with Gasteiger partial charge in [-0.1, -0.05) is 29.4 Å². The van der Waals surface area contributed by atoms with Crippen molar-refractivity contribution in [3.8, 4) is 11.5 Å². The van der Waals surface area contributed by atoms with E-state index in [0.717, 1.165) is 34.4 Å². The molecule has 1 N–H and O–H groups in total. The van der Waals surface area contributed by atoms with Crippen molar-refractivity contribution < 1.29 is 9.32 Å². The van der Waals surface area contributed by atoms with Crippen molar-refractivity contribution in [2.75, 3.05) is 13.1 Å². The molecule has 0 aliphatic carbocycles. The van der Waals surface area contributed by atoms with Crippen LogP contribution in [-0.4, -0.2) is 44.1 Å². The molecule has 0 atom stereocenters. The SMILES string of the molecule is Cc1csc(CNC(=O)N2CCC(c3nc(-c4ccc5ccccc5n4)no3)CC2)n1. The van der Waals surface area contributed by atoms with E-state index in [1.165, 1.54) is 0 Å². The average Bonchev–Trinajstić information content (AvgIpc) is 3.46. The third kappa shape index (κ3) is 4.27. The molecule has 2 amide bonds. The number of carbonyl (C=O) groups excluding carboxylic acids is 1. The number of amides is 2. The van der Waals surface area contributed by atoms with Gasteiger partial charge >= 0.3 is 6.03 Å². The zero-order valence-corrected chi connectivity index (χ0v) is 17.9. The number of rotatable bonds is 4. The van der Waals surface area contributed by atoms with Crippen molar-refractivity contribution in [1.29, 1.82) is 0 Å². The monoisotopic (exact) mass is 434 g/mol. The Morgan fingerprint density at radius 2 is 2.00 bits per heavy atom. The maximum absolute atomic E-state index is 12.4. The highest BCUT2D eigenvalue weighted by atomic mass is 32.1. The maximum atomic E-state index is 12.4. The number of urea groups is 1. The summed E-state index contributed by atoms with van der Waals surface area (Å²) in [5, 5.41) is 11.1. The summed E-state index contributed by atoms with van der Waals surface area (Å²) in [6, 6.07) is 11.8. The number of aryl methyl sites for hydroxylation is 1. The van der Waals surface area contributed by atoms with Gasteiger partial charge in [0, 0.05) is 35.5 Å². The molecule has 3 aromatic heterocycles. The maximum Gasteiger partial charge on any atom is 0.317 e. The smallest absolute Gasteiger partial charge is 0.317 e. The van der Waals surface area contributed by atoms with E-state index in [2.05, 4.69) is 25.4 Å². The first-order chi connectivity index (χ1) is 15.2. The van der Waals surface area contributed by atoms with Gasteiger partial charge in [-0.3, -0.25) is 0 Å². The average molecular weight is 435 g/mol. The van der Waals surface area contributed by atoms with E-state index in [4.69, 9.17) is 4.52 Å². The van der Waals surface area contributed by atoms with Crippen LogP contribution in [0.3, 0.4) is 0 Å². The summed E-state index contributed by atoms with van der Waals surface area (Å²) in [7, 11) is 0. The van der Waals surface area contributed by atoms with Crippen LogP contribution >= 0.6 is 11.3 Å². The van der Waals surface area contributed by atoms with Gasteiger partial charge in [0.15, 0.2) is 0 Å². The van der Waals surface area contributed by atoms with E-state index in [9.17, 15) is 4.79 Å². The molecule has 4 aromatic rings. The molecule has 1 saturated heterocycles. The van der Waals surface area contributed by atoms with Gasteiger partial charge in [-0.25, -0.2) is 14.8 Å². The second-order valence-corrected chi connectivity index (χ2v) is 8.59. The van der Waals surface area contributed by atoms with Gasteiger partial charge in [0.2, 0.25) is 11.7 Å². The molecule has 4 heterocycles. The fourth-order valence-electron chi connectivity index (χ4n) is 3.77. The Hall–Kier alpha value is -3.33. The van der Waals surface area contributed by atoms with Crippen molar-refractivity contribution in [3.63, 3.8) is 0 Å². The molecule has 5 rings (SSSR count). The van der Waals surface area contributed by atoms with E-state index in [1.54, 1.807) is 11.3 Å². The summed E-state index contributed by atoms with van der Waals surface area (Å²) < 4.78 is 5.55. The number of hydrogen-bond acceptors (Lipinski definition) is 7. The molecule has 1 aliphatic rings. The first-order valence-electron chi connectivity index (χ1n) is 10.3. The summed E-state index contributed by atoms with van der Waals surface area (Å²) >= 11 is 1.56. The summed E-state index contributed by atoms with van der Waals surface area (Å²) in [6.07, 6.45) is 1.58. The molecule has 158 valence electrons. The molecule has 1 aliphatic heterocycles. The molecule has 0 bridgehead atoms. The number of thiazole rings is 1. The highest BCUT2D eigenvalue weighted by Crippen LogP contribution is 2.28. The number of likely N-dealkylation sites (tertiary alicyclic amines) is 1. The quantitative estimate of drug-likeness (QED) is 0.518. The molecule has 0 radical (unpaired) electrons. The zero-order valence-electron chi connectivity index (χ0n) is 17.1. The second kappa shape index (κ2) is 8.43. The lowest BCUT2D eigenvalue weighted by atomic mass is 9.97. The lowest BCUT2D eigenvalue weighted by molar-refractivity contribution is 0.175. The minimum absolute atomic E-state index is 0.0575. The van der Waals surface area contributed by atoms with Crippen LogP contribution in [0.25, 0.3) is 22.4 Å². The van der Waals surface area contributed by atoms with Gasteiger partial charge in [0.25, 0.3) is 0 Å². The number of hydrogen-bond donors (Lipinski definition) is 1. The van der Waals surface area contributed by atoms with E-state index in [1.807, 2.05) is 53.6 Å². The van der Waals surface area contributed by atoms with Crippen LogP contribution in [0.1, 0.15) is 35.4 Å². The van der Waals surface area contributed by atoms with Crippen LogP contribution in [0.2, 0.25) is 0 Å². The topological polar surface area (TPSA) is 97.0 Å². The third-order valence-corrected chi connectivity index (χ3v) is 6.42. The van der Waals surface area contributed by atoms with E-state index in [0.29, 0.717) is 37.0 Å². The Morgan fingerprint density at radius 3 is 2.81 bits per heavy atom. The predicted octanol–water partition coefficient (Wildman–Crippen LogP) is 4.14. The molecular weight excluding hydrogens is 412 g/mol. The first-order valence-corrected chi connectivity index (χ1v) is 11.2. The van der Waals surface area contributed by atoms with E-state index < -0.39 is 0 Å². The number of benzene rings is 1. The first kappa shape index (κ1) is 19.6. The van der Waals surface area contributed by atoms with Gasteiger partial charge in [0.1, 0.15) is 10.7 Å². The summed E-state index contributed by atoms with van der Waals surface area (Å²) in [4.78, 5) is 27.9. The van der Waals surface area contributed by atoms with E-state index >= 15 is 0 Å². The minimum atomic E-state index is -0.0575. The predicted molar refractivity (Wildman–Crippen MR) is 118 cm³/mol. The van der Waals surface area contributed by atoms with Crippen LogP contribution in [0, 0.1) is 6.92 Å². The molecule has 8 nitrogen and oxygen atoms in total. The Labute approximate surface area is 183 Å². The van der Waals surface area contributed by atoms with Crippen molar-refractivity contribution in [2.45, 2.75) is 32.2 Å². The number of nitrogens with zero attached hydrogens (tertiary/aromatic N) is 5. The molecule has 0 saturated carbocycles. The summed E-state index contributed by atoms with van der Waals surface area (Å²) in [6.45, 7) is 3.72. The van der Waals surface area contributed by atoms with Gasteiger partial charge in [-0.05, 0) is 31.9 Å². The Kier molecular flexibility index (Phi) is 5.33. The lowest BCUT2D eigenvalue weighted by Crippen LogP contribution is -2.43. The third-order valence-electron chi connectivity index (χ3n) is 5.46. The van der Waals surface area contributed by atoms with E-state index in [-0.39, 0.29) is 11.9 Å². The molecule has 0 spiro atoms. The van der Waals surface area contributed by atoms with Crippen molar-refractivity contribution in [2.24, 2.45) is 0 Å². The number of fused-ring (bicyclic) bond motifs is 1. The number of carbonyl (C=O) groups is 1. The zero-order chi connectivity index (χ0) is 21.2. The number of piperidine rings is 1. The number of nitrogens with one attached hydrogen (secondary N) is 1. The fourth-order valence-corrected chi connectivity index (χ4v) is 4.48. The summed E-state index contributed by atoms with van der Waals surface area (Å²) in [5.74, 6) is 1.26. The lowest BCUT2D eigenvalue weighted by Gasteiger charge is -2.30. The largest absolute Gasteiger partial charge is 0.339 e. The van der Waals surface area contributed by atoms with Crippen LogP contribution in [0.4, 0.5) is 4.79 Å². The normalized spacial score (nSPS) is 14.8. The number of pyridine rings is 1. The summed E-state index contributed by atoms with van der Waals surface area (Å²) in [5.41, 5.74) is 2.58. The standard InChI is InChI=1S/C22H22N6O2S/c1-14-13-31-19(24-14)12-23-22(29)28-10-8-16(9-11-28)21-26-20(27-30-21)18-7-6-15-4-2-3-5-17(15)25-18/h2-7,13,16H,8-12H2,1H3,(H,23,29).